The number of pyridine rings is 2. The van der Waals surface area contributed by atoms with E-state index in [2.05, 4.69) is 20.0 Å². The Hall–Kier alpha value is -2.64. The van der Waals surface area contributed by atoms with Crippen LogP contribution in [0.25, 0.3) is 0 Å². The molecule has 2 aromatic rings. The first-order chi connectivity index (χ1) is 10.2. The number of carbonyl (C=O) groups excluding carboxylic acids is 1. The van der Waals surface area contributed by atoms with E-state index in [0.717, 1.165) is 12.1 Å². The largest absolute Gasteiger partial charge is 0.573 e. The quantitative estimate of drug-likeness (QED) is 0.874. The minimum absolute atomic E-state index is 0.118. The van der Waals surface area contributed by atoms with Crippen molar-refractivity contribution in [2.45, 2.75) is 20.2 Å². The van der Waals surface area contributed by atoms with Crippen molar-refractivity contribution in [2.75, 3.05) is 5.32 Å². The van der Waals surface area contributed by atoms with E-state index < -0.39 is 12.1 Å². The van der Waals surface area contributed by atoms with Gasteiger partial charge in [0.2, 0.25) is 0 Å². The molecule has 0 amide bonds. The Morgan fingerprint density at radius 2 is 1.95 bits per heavy atom. The number of carbonyl (C=O) groups is 1. The van der Waals surface area contributed by atoms with Gasteiger partial charge in [-0.1, -0.05) is 6.07 Å². The number of halogens is 3. The summed E-state index contributed by atoms with van der Waals surface area (Å²) >= 11 is 0. The van der Waals surface area contributed by atoms with Gasteiger partial charge in [0.1, 0.15) is 23.1 Å². The van der Waals surface area contributed by atoms with E-state index >= 15 is 0 Å². The molecule has 2 heterocycles. The zero-order valence-corrected chi connectivity index (χ0v) is 11.7. The molecule has 0 saturated carbocycles. The molecule has 2 aromatic heterocycles. The predicted molar refractivity (Wildman–Crippen MR) is 73.2 cm³/mol. The number of rotatable bonds is 4. The van der Waals surface area contributed by atoms with E-state index in [1.807, 2.05) is 0 Å². The van der Waals surface area contributed by atoms with Crippen LogP contribution in [-0.4, -0.2) is 22.1 Å². The molecule has 0 aromatic carbocycles. The van der Waals surface area contributed by atoms with Gasteiger partial charge in [-0.3, -0.25) is 4.79 Å². The highest BCUT2D eigenvalue weighted by molar-refractivity contribution is 5.93. The normalized spacial score (nSPS) is 11.1. The van der Waals surface area contributed by atoms with Crippen molar-refractivity contribution in [1.29, 1.82) is 0 Å². The number of nitrogens with one attached hydrogen (secondary N) is 1. The standard InChI is InChI=1S/C14H12F3N3O2/c1-8-3-4-11(20-13(8)9(2)21)19-12-7-10(5-6-18-12)22-14(15,16)17/h3-7H,1-2H3,(H,18,19,20). The number of hydrogen-bond acceptors (Lipinski definition) is 5. The van der Waals surface area contributed by atoms with Crippen LogP contribution in [-0.2, 0) is 0 Å². The van der Waals surface area contributed by atoms with Crippen molar-refractivity contribution in [3.8, 4) is 5.75 Å². The summed E-state index contributed by atoms with van der Waals surface area (Å²) < 4.78 is 40.3. The van der Waals surface area contributed by atoms with Crippen molar-refractivity contribution in [2.24, 2.45) is 0 Å². The lowest BCUT2D eigenvalue weighted by molar-refractivity contribution is -0.274. The smallest absolute Gasteiger partial charge is 0.406 e. The molecule has 0 bridgehead atoms. The Bertz CT molecular complexity index is 702. The van der Waals surface area contributed by atoms with Crippen LogP contribution in [0, 0.1) is 6.92 Å². The molecular formula is C14H12F3N3O2. The highest BCUT2D eigenvalue weighted by Gasteiger charge is 2.31. The summed E-state index contributed by atoms with van der Waals surface area (Å²) in [7, 11) is 0. The highest BCUT2D eigenvalue weighted by atomic mass is 19.4. The van der Waals surface area contributed by atoms with Crippen LogP contribution in [0.5, 0.6) is 5.75 Å². The average molecular weight is 311 g/mol. The van der Waals surface area contributed by atoms with Crippen LogP contribution in [0.1, 0.15) is 23.0 Å². The number of nitrogens with zero attached hydrogens (tertiary/aromatic N) is 2. The first-order valence-corrected chi connectivity index (χ1v) is 6.22. The lowest BCUT2D eigenvalue weighted by atomic mass is 10.1. The van der Waals surface area contributed by atoms with Gasteiger partial charge in [0, 0.05) is 19.2 Å². The Balaban J connectivity index is 2.22. The molecule has 1 N–H and O–H groups in total. The van der Waals surface area contributed by atoms with Crippen molar-refractivity contribution >= 4 is 17.4 Å². The zero-order valence-electron chi connectivity index (χ0n) is 11.7. The number of anilines is 2. The van der Waals surface area contributed by atoms with Gasteiger partial charge in [0.15, 0.2) is 5.78 Å². The third-order valence-electron chi connectivity index (χ3n) is 2.65. The van der Waals surface area contributed by atoms with E-state index in [9.17, 15) is 18.0 Å². The first-order valence-electron chi connectivity index (χ1n) is 6.22. The van der Waals surface area contributed by atoms with Crippen molar-refractivity contribution in [3.05, 3.63) is 41.7 Å². The summed E-state index contributed by atoms with van der Waals surface area (Å²) in [6, 6.07) is 5.45. The van der Waals surface area contributed by atoms with Crippen LogP contribution >= 0.6 is 0 Å². The maximum atomic E-state index is 12.2. The fourth-order valence-corrected chi connectivity index (χ4v) is 1.76. The molecule has 0 fully saturated rings. The van der Waals surface area contributed by atoms with Gasteiger partial charge in [0.05, 0.1) is 0 Å². The number of ether oxygens (including phenoxy) is 1. The second-order valence-electron chi connectivity index (χ2n) is 4.47. The molecule has 2 rings (SSSR count). The molecule has 116 valence electrons. The minimum atomic E-state index is -4.78. The maximum Gasteiger partial charge on any atom is 0.573 e. The molecule has 0 radical (unpaired) electrons. The number of Topliss-reactive ketones (excluding diaryl/α,β-unsaturated/α-hetero) is 1. The van der Waals surface area contributed by atoms with E-state index in [1.54, 1.807) is 19.1 Å². The van der Waals surface area contributed by atoms with Gasteiger partial charge < -0.3 is 10.1 Å². The lowest BCUT2D eigenvalue weighted by Crippen LogP contribution is -2.17. The molecular weight excluding hydrogens is 299 g/mol. The predicted octanol–water partition coefficient (Wildman–Crippen LogP) is 3.63. The van der Waals surface area contributed by atoms with Gasteiger partial charge >= 0.3 is 6.36 Å². The highest BCUT2D eigenvalue weighted by Crippen LogP contribution is 2.25. The summed E-state index contributed by atoms with van der Waals surface area (Å²) in [5.74, 6) is -0.188. The SMILES string of the molecule is CC(=O)c1nc(Nc2cc(OC(F)(F)F)ccn2)ccc1C. The van der Waals surface area contributed by atoms with Gasteiger partial charge in [-0.15, -0.1) is 13.2 Å². The lowest BCUT2D eigenvalue weighted by Gasteiger charge is -2.11. The van der Waals surface area contributed by atoms with Gasteiger partial charge in [-0.2, -0.15) is 0 Å². The summed E-state index contributed by atoms with van der Waals surface area (Å²) in [6.45, 7) is 3.12. The molecule has 0 unspecified atom stereocenters. The summed E-state index contributed by atoms with van der Waals surface area (Å²) in [5, 5.41) is 2.73. The minimum Gasteiger partial charge on any atom is -0.406 e. The van der Waals surface area contributed by atoms with Gasteiger partial charge in [-0.05, 0) is 24.6 Å². The van der Waals surface area contributed by atoms with Crippen LogP contribution in [0.4, 0.5) is 24.8 Å². The third kappa shape index (κ3) is 4.18. The van der Waals surface area contributed by atoms with Crippen LogP contribution in [0.2, 0.25) is 0 Å². The fourth-order valence-electron chi connectivity index (χ4n) is 1.76. The monoisotopic (exact) mass is 311 g/mol. The van der Waals surface area contributed by atoms with E-state index in [-0.39, 0.29) is 17.3 Å². The Labute approximate surface area is 124 Å². The fraction of sp³-hybridized carbons (Fsp3) is 0.214. The average Bonchev–Trinajstić information content (AvgIpc) is 2.39. The van der Waals surface area contributed by atoms with Crippen LogP contribution in [0.15, 0.2) is 30.5 Å². The van der Waals surface area contributed by atoms with Gasteiger partial charge in [0.25, 0.3) is 0 Å². The third-order valence-corrected chi connectivity index (χ3v) is 2.65. The Kier molecular flexibility index (Phi) is 4.30. The van der Waals surface area contributed by atoms with E-state index in [4.69, 9.17) is 0 Å². The number of aryl methyl sites for hydroxylation is 1. The first kappa shape index (κ1) is 15.7. The van der Waals surface area contributed by atoms with E-state index in [1.165, 1.54) is 13.1 Å². The Morgan fingerprint density at radius 1 is 1.23 bits per heavy atom. The molecule has 0 aliphatic carbocycles. The van der Waals surface area contributed by atoms with Crippen molar-refractivity contribution in [1.82, 2.24) is 9.97 Å². The molecule has 0 aliphatic rings. The second-order valence-corrected chi connectivity index (χ2v) is 4.47. The Morgan fingerprint density at radius 3 is 2.59 bits per heavy atom. The number of ketones is 1. The molecule has 0 aliphatic heterocycles. The second kappa shape index (κ2) is 6.00. The van der Waals surface area contributed by atoms with Gasteiger partial charge in [-0.25, -0.2) is 9.97 Å². The topological polar surface area (TPSA) is 64.1 Å². The maximum absolute atomic E-state index is 12.2. The molecule has 0 spiro atoms. The molecule has 5 nitrogen and oxygen atoms in total. The zero-order chi connectivity index (χ0) is 16.3. The summed E-state index contributed by atoms with van der Waals surface area (Å²) in [4.78, 5) is 19.4. The summed E-state index contributed by atoms with van der Waals surface area (Å²) in [6.07, 6.45) is -3.61. The molecule has 22 heavy (non-hydrogen) atoms. The molecule has 8 heteroatoms. The number of aromatic nitrogens is 2. The van der Waals surface area contributed by atoms with E-state index in [0.29, 0.717) is 11.4 Å². The number of hydrogen-bond donors (Lipinski definition) is 1. The molecule has 0 atom stereocenters. The van der Waals surface area contributed by atoms with Crippen molar-refractivity contribution < 1.29 is 22.7 Å². The summed E-state index contributed by atoms with van der Waals surface area (Å²) in [5.41, 5.74) is 0.993. The van der Waals surface area contributed by atoms with Crippen LogP contribution < -0.4 is 10.1 Å². The molecule has 0 saturated heterocycles. The number of alkyl halides is 3. The van der Waals surface area contributed by atoms with Crippen molar-refractivity contribution in [3.63, 3.8) is 0 Å². The van der Waals surface area contributed by atoms with Crippen LogP contribution in [0.3, 0.4) is 0 Å².